The quantitative estimate of drug-likeness (QED) is 0.414. The van der Waals surface area contributed by atoms with Crippen LogP contribution >= 0.6 is 0 Å². The van der Waals surface area contributed by atoms with E-state index in [1.807, 2.05) is 13.8 Å². The maximum absolute atomic E-state index is 12.7. The number of nitrogens with one attached hydrogen (secondary N) is 2. The largest absolute Gasteiger partial charge is 0.491 e. The molecule has 2 N–H and O–H groups in total. The van der Waals surface area contributed by atoms with Gasteiger partial charge in [0.2, 0.25) is 11.8 Å². The summed E-state index contributed by atoms with van der Waals surface area (Å²) in [5.74, 6) is -0.819. The molecule has 9 heteroatoms. The van der Waals surface area contributed by atoms with Crippen molar-refractivity contribution >= 4 is 23.7 Å². The highest BCUT2D eigenvalue weighted by Gasteiger charge is 2.30. The van der Waals surface area contributed by atoms with E-state index >= 15 is 0 Å². The van der Waals surface area contributed by atoms with Crippen molar-refractivity contribution in [3.8, 4) is 5.75 Å². The highest BCUT2D eigenvalue weighted by Crippen LogP contribution is 2.30. The van der Waals surface area contributed by atoms with Crippen LogP contribution in [0.1, 0.15) is 31.4 Å². The molecule has 2 aromatic carbocycles. The summed E-state index contributed by atoms with van der Waals surface area (Å²) in [5, 5.41) is 6.01. The first-order valence-corrected chi connectivity index (χ1v) is 8.69. The molecular formula is C20H20F3N3O3. The molecule has 0 aromatic heterocycles. The Hall–Kier alpha value is -3.36. The second-order valence-electron chi connectivity index (χ2n) is 6.34. The van der Waals surface area contributed by atoms with Gasteiger partial charge >= 0.3 is 6.18 Å². The van der Waals surface area contributed by atoms with Crippen LogP contribution in [0.25, 0.3) is 0 Å². The third-order valence-corrected chi connectivity index (χ3v) is 3.43. The van der Waals surface area contributed by atoms with Gasteiger partial charge in [0.05, 0.1) is 17.9 Å². The van der Waals surface area contributed by atoms with Crippen molar-refractivity contribution in [2.45, 2.75) is 32.5 Å². The van der Waals surface area contributed by atoms with Gasteiger partial charge in [-0.15, -0.1) is 0 Å². The van der Waals surface area contributed by atoms with Crippen LogP contribution in [-0.4, -0.2) is 24.1 Å². The van der Waals surface area contributed by atoms with Crippen molar-refractivity contribution in [1.82, 2.24) is 5.43 Å². The molecule has 0 heterocycles. The number of halogens is 3. The lowest BCUT2D eigenvalue weighted by Crippen LogP contribution is -2.24. The van der Waals surface area contributed by atoms with Gasteiger partial charge in [0.25, 0.3) is 0 Å². The van der Waals surface area contributed by atoms with Crippen LogP contribution in [0.3, 0.4) is 0 Å². The van der Waals surface area contributed by atoms with E-state index < -0.39 is 30.0 Å². The van der Waals surface area contributed by atoms with Crippen molar-refractivity contribution in [2.24, 2.45) is 5.10 Å². The lowest BCUT2D eigenvalue weighted by molar-refractivity contribution is -0.137. The topological polar surface area (TPSA) is 79.8 Å². The van der Waals surface area contributed by atoms with Crippen LogP contribution in [0.2, 0.25) is 0 Å². The van der Waals surface area contributed by atoms with Crippen LogP contribution in [0.4, 0.5) is 18.9 Å². The Morgan fingerprint density at radius 3 is 2.52 bits per heavy atom. The van der Waals surface area contributed by atoms with Crippen molar-refractivity contribution in [3.63, 3.8) is 0 Å². The summed E-state index contributed by atoms with van der Waals surface area (Å²) >= 11 is 0. The Balaban J connectivity index is 1.86. The zero-order valence-electron chi connectivity index (χ0n) is 15.8. The number of alkyl halides is 3. The molecule has 0 spiro atoms. The minimum absolute atomic E-state index is 0.0113. The number of benzene rings is 2. The fraction of sp³-hybridized carbons (Fsp3) is 0.250. The molecule has 0 aliphatic carbocycles. The number of hydrogen-bond donors (Lipinski definition) is 2. The average Bonchev–Trinajstić information content (AvgIpc) is 2.61. The number of hydrogen-bond acceptors (Lipinski definition) is 4. The molecule has 0 aliphatic rings. The molecule has 0 saturated carbocycles. The molecule has 29 heavy (non-hydrogen) atoms. The summed E-state index contributed by atoms with van der Waals surface area (Å²) in [6.07, 6.45) is -3.72. The Morgan fingerprint density at radius 1 is 1.10 bits per heavy atom. The average molecular weight is 407 g/mol. The highest BCUT2D eigenvalue weighted by atomic mass is 19.4. The summed E-state index contributed by atoms with van der Waals surface area (Å²) in [6.45, 7) is 3.79. The highest BCUT2D eigenvalue weighted by molar-refractivity contribution is 6.03. The molecule has 154 valence electrons. The third-order valence-electron chi connectivity index (χ3n) is 3.43. The van der Waals surface area contributed by atoms with Crippen molar-refractivity contribution in [3.05, 3.63) is 59.7 Å². The van der Waals surface area contributed by atoms with Crippen LogP contribution in [0, 0.1) is 0 Å². The van der Waals surface area contributed by atoms with Crippen LogP contribution in [-0.2, 0) is 15.8 Å². The number of carbonyl (C=O) groups is 2. The molecule has 2 aromatic rings. The molecule has 6 nitrogen and oxygen atoms in total. The van der Waals surface area contributed by atoms with E-state index in [4.69, 9.17) is 4.74 Å². The normalized spacial score (nSPS) is 11.5. The number of ether oxygens (including phenoxy) is 1. The van der Waals surface area contributed by atoms with Crippen molar-refractivity contribution in [2.75, 3.05) is 5.32 Å². The lowest BCUT2D eigenvalue weighted by atomic mass is 10.2. The van der Waals surface area contributed by atoms with Gasteiger partial charge in [-0.25, -0.2) is 5.43 Å². The van der Waals surface area contributed by atoms with Crippen molar-refractivity contribution in [1.29, 1.82) is 0 Å². The van der Waals surface area contributed by atoms with Gasteiger partial charge in [-0.2, -0.15) is 18.3 Å². The van der Waals surface area contributed by atoms with Gasteiger partial charge in [0.1, 0.15) is 12.2 Å². The number of rotatable bonds is 7. The van der Waals surface area contributed by atoms with E-state index in [0.717, 1.165) is 12.1 Å². The van der Waals surface area contributed by atoms with E-state index in [0.29, 0.717) is 11.3 Å². The maximum atomic E-state index is 12.7. The second-order valence-corrected chi connectivity index (χ2v) is 6.34. The molecule has 0 radical (unpaired) electrons. The van der Waals surface area contributed by atoms with Gasteiger partial charge < -0.3 is 10.1 Å². The summed E-state index contributed by atoms with van der Waals surface area (Å²) in [7, 11) is 0. The fourth-order valence-electron chi connectivity index (χ4n) is 2.28. The Labute approximate surface area is 165 Å². The molecule has 0 saturated heterocycles. The van der Waals surface area contributed by atoms with Crippen molar-refractivity contribution < 1.29 is 27.5 Å². The van der Waals surface area contributed by atoms with E-state index in [1.165, 1.54) is 18.3 Å². The van der Waals surface area contributed by atoms with Gasteiger partial charge in [-0.1, -0.05) is 18.2 Å². The molecule has 2 rings (SSSR count). The second kappa shape index (κ2) is 9.72. The molecule has 0 atom stereocenters. The van der Waals surface area contributed by atoms with Gasteiger partial charge in [0.15, 0.2) is 0 Å². The van der Waals surface area contributed by atoms with E-state index in [9.17, 15) is 22.8 Å². The van der Waals surface area contributed by atoms with Crippen LogP contribution in [0.15, 0.2) is 53.6 Å². The predicted octanol–water partition coefficient (Wildman–Crippen LogP) is 3.97. The first-order chi connectivity index (χ1) is 13.6. The summed E-state index contributed by atoms with van der Waals surface area (Å²) in [4.78, 5) is 23.6. The maximum Gasteiger partial charge on any atom is 0.416 e. The van der Waals surface area contributed by atoms with Gasteiger partial charge in [0, 0.05) is 5.69 Å². The standard InChI is InChI=1S/C20H20F3N3O3/c1-13(2)29-17-8-3-5-14(9-17)12-24-26-19(28)11-18(27)25-16-7-4-6-15(10-16)20(21,22)23/h3-10,12-13H,11H2,1-2H3,(H,25,27)(H,26,28). The smallest absolute Gasteiger partial charge is 0.416 e. The first kappa shape index (κ1) is 21.9. The van der Waals surface area contributed by atoms with Gasteiger partial charge in [-0.3, -0.25) is 9.59 Å². The SMILES string of the molecule is CC(C)Oc1cccc(C=NNC(=O)CC(=O)Nc2cccc(C(F)(F)F)c2)c1. The summed E-state index contributed by atoms with van der Waals surface area (Å²) < 4.78 is 43.6. The number of carbonyl (C=O) groups excluding carboxylic acids is 2. The number of nitrogens with zero attached hydrogens (tertiary/aromatic N) is 1. The molecule has 0 unspecified atom stereocenters. The minimum atomic E-state index is -4.52. The Bertz CT molecular complexity index is 896. The van der Waals surface area contributed by atoms with E-state index in [-0.39, 0.29) is 11.8 Å². The summed E-state index contributed by atoms with van der Waals surface area (Å²) in [6, 6.07) is 11.2. The number of anilines is 1. The molecule has 0 fully saturated rings. The predicted molar refractivity (Wildman–Crippen MR) is 103 cm³/mol. The first-order valence-electron chi connectivity index (χ1n) is 8.69. The third kappa shape index (κ3) is 7.65. The Kier molecular flexibility index (Phi) is 7.35. The van der Waals surface area contributed by atoms with Crippen LogP contribution < -0.4 is 15.5 Å². The van der Waals surface area contributed by atoms with Crippen LogP contribution in [0.5, 0.6) is 5.75 Å². The molecular weight excluding hydrogens is 387 g/mol. The van der Waals surface area contributed by atoms with E-state index in [1.54, 1.807) is 24.3 Å². The molecule has 0 bridgehead atoms. The Morgan fingerprint density at radius 2 is 1.83 bits per heavy atom. The summed E-state index contributed by atoms with van der Waals surface area (Å²) in [5.41, 5.74) is 1.92. The fourth-order valence-corrected chi connectivity index (χ4v) is 2.28. The minimum Gasteiger partial charge on any atom is -0.491 e. The zero-order chi connectivity index (χ0) is 21.4. The van der Waals surface area contributed by atoms with E-state index in [2.05, 4.69) is 15.8 Å². The van der Waals surface area contributed by atoms with Gasteiger partial charge in [-0.05, 0) is 49.7 Å². The molecule has 2 amide bonds. The number of hydrazone groups is 1. The zero-order valence-corrected chi connectivity index (χ0v) is 15.8. The monoisotopic (exact) mass is 407 g/mol. The molecule has 0 aliphatic heterocycles. The lowest BCUT2D eigenvalue weighted by Gasteiger charge is -2.10. The number of amides is 2.